The Morgan fingerprint density at radius 3 is 2.72 bits per heavy atom. The molecule has 9 nitrogen and oxygen atoms in total. The van der Waals surface area contributed by atoms with Crippen LogP contribution in [0.25, 0.3) is 11.0 Å². The van der Waals surface area contributed by atoms with Crippen LogP contribution in [0.15, 0.2) is 30.6 Å². The van der Waals surface area contributed by atoms with Crippen LogP contribution in [0.3, 0.4) is 0 Å². The summed E-state index contributed by atoms with van der Waals surface area (Å²) in [5.41, 5.74) is 2.59. The van der Waals surface area contributed by atoms with Crippen LogP contribution in [0.5, 0.6) is 0 Å². The summed E-state index contributed by atoms with van der Waals surface area (Å²) in [6.07, 6.45) is 6.93. The number of imide groups is 1. The highest BCUT2D eigenvalue weighted by molar-refractivity contribution is 6.08. The van der Waals surface area contributed by atoms with Crippen LogP contribution in [0, 0.1) is 12.7 Å². The standard InChI is InChI=1S/C26H24FN5O4/c1-13-11-31(16-3-2-4-16)23-21(13)22(27)18(10-28-23)29-24(34)14-5-6-17-15(9-14)12-32(26(17)36)19-7-8-20(33)30-25(19)35/h5-6,9-11,16,19H,2-4,7-8,12H2,1H3,(H,29,34)(H,30,33,35). The predicted molar refractivity (Wildman–Crippen MR) is 128 cm³/mol. The zero-order valence-corrected chi connectivity index (χ0v) is 19.6. The van der Waals surface area contributed by atoms with Crippen molar-refractivity contribution in [2.75, 3.05) is 5.32 Å². The molecule has 2 aliphatic heterocycles. The van der Waals surface area contributed by atoms with Gasteiger partial charge in [-0.05, 0) is 61.9 Å². The average molecular weight is 490 g/mol. The maximum atomic E-state index is 15.4. The van der Waals surface area contributed by atoms with Crippen molar-refractivity contribution in [3.63, 3.8) is 0 Å². The first kappa shape index (κ1) is 22.4. The summed E-state index contributed by atoms with van der Waals surface area (Å²) in [6.45, 7) is 1.98. The molecule has 1 saturated carbocycles. The molecule has 1 aliphatic carbocycles. The molecule has 0 bridgehead atoms. The van der Waals surface area contributed by atoms with E-state index in [2.05, 4.69) is 15.6 Å². The summed E-state index contributed by atoms with van der Waals surface area (Å²) in [5.74, 6) is -2.22. The Morgan fingerprint density at radius 2 is 2.00 bits per heavy atom. The van der Waals surface area contributed by atoms with Crippen molar-refractivity contribution < 1.29 is 23.6 Å². The van der Waals surface area contributed by atoms with Gasteiger partial charge in [0.1, 0.15) is 11.7 Å². The van der Waals surface area contributed by atoms with Crippen LogP contribution in [0.2, 0.25) is 0 Å². The van der Waals surface area contributed by atoms with E-state index >= 15 is 4.39 Å². The third-order valence-corrected chi connectivity index (χ3v) is 7.47. The number of hydrogen-bond acceptors (Lipinski definition) is 5. The van der Waals surface area contributed by atoms with Gasteiger partial charge in [-0.1, -0.05) is 0 Å². The maximum Gasteiger partial charge on any atom is 0.255 e. The minimum absolute atomic E-state index is 0.0105. The Labute approximate surface area is 205 Å². The van der Waals surface area contributed by atoms with Gasteiger partial charge in [-0.3, -0.25) is 24.5 Å². The number of hydrogen-bond donors (Lipinski definition) is 2. The molecule has 1 aromatic carbocycles. The first-order chi connectivity index (χ1) is 17.3. The molecule has 184 valence electrons. The summed E-state index contributed by atoms with van der Waals surface area (Å²) in [6, 6.07) is 4.22. The first-order valence-corrected chi connectivity index (χ1v) is 12.1. The van der Waals surface area contributed by atoms with E-state index in [1.54, 1.807) is 12.1 Å². The molecule has 0 radical (unpaired) electrons. The molecule has 2 aromatic heterocycles. The molecule has 10 heteroatoms. The van der Waals surface area contributed by atoms with Crippen LogP contribution >= 0.6 is 0 Å². The number of nitrogens with zero attached hydrogens (tertiary/aromatic N) is 3. The number of anilines is 1. The molecule has 6 rings (SSSR count). The Morgan fingerprint density at radius 1 is 1.19 bits per heavy atom. The fourth-order valence-corrected chi connectivity index (χ4v) is 5.30. The Balaban J connectivity index is 1.23. The second-order valence-electron chi connectivity index (χ2n) is 9.71. The molecule has 2 N–H and O–H groups in total. The van der Waals surface area contributed by atoms with E-state index in [4.69, 9.17) is 0 Å². The normalized spacial score (nSPS) is 19.9. The molecular formula is C26H24FN5O4. The van der Waals surface area contributed by atoms with Gasteiger partial charge in [0.25, 0.3) is 11.8 Å². The molecular weight excluding hydrogens is 465 g/mol. The van der Waals surface area contributed by atoms with Gasteiger partial charge in [0.15, 0.2) is 5.82 Å². The van der Waals surface area contributed by atoms with Gasteiger partial charge in [0, 0.05) is 36.3 Å². The van der Waals surface area contributed by atoms with Gasteiger partial charge in [-0.25, -0.2) is 9.37 Å². The smallest absolute Gasteiger partial charge is 0.255 e. The highest BCUT2D eigenvalue weighted by Gasteiger charge is 2.39. The van der Waals surface area contributed by atoms with Crippen LogP contribution in [0.1, 0.15) is 70.0 Å². The van der Waals surface area contributed by atoms with E-state index in [9.17, 15) is 19.2 Å². The first-order valence-electron chi connectivity index (χ1n) is 12.1. The molecule has 0 spiro atoms. The number of aromatic nitrogens is 2. The van der Waals surface area contributed by atoms with Crippen molar-refractivity contribution in [1.82, 2.24) is 19.8 Å². The van der Waals surface area contributed by atoms with Crippen molar-refractivity contribution in [2.24, 2.45) is 0 Å². The zero-order valence-electron chi connectivity index (χ0n) is 19.6. The summed E-state index contributed by atoms with van der Waals surface area (Å²) >= 11 is 0. The molecule has 1 unspecified atom stereocenters. The van der Waals surface area contributed by atoms with E-state index in [1.807, 2.05) is 17.7 Å². The molecule has 36 heavy (non-hydrogen) atoms. The highest BCUT2D eigenvalue weighted by atomic mass is 19.1. The Hall–Kier alpha value is -4.08. The second-order valence-corrected chi connectivity index (χ2v) is 9.71. The summed E-state index contributed by atoms with van der Waals surface area (Å²) < 4.78 is 17.4. The number of pyridine rings is 1. The second kappa shape index (κ2) is 8.25. The molecule has 4 amide bonds. The minimum atomic E-state index is -0.734. The number of rotatable bonds is 4. The lowest BCUT2D eigenvalue weighted by atomic mass is 9.93. The maximum absolute atomic E-state index is 15.4. The third kappa shape index (κ3) is 3.47. The average Bonchev–Trinajstić information content (AvgIpc) is 3.31. The number of benzene rings is 1. The summed E-state index contributed by atoms with van der Waals surface area (Å²) in [4.78, 5) is 55.4. The number of halogens is 1. The van der Waals surface area contributed by atoms with Crippen molar-refractivity contribution in [1.29, 1.82) is 0 Å². The molecule has 1 atom stereocenters. The lowest BCUT2D eigenvalue weighted by Gasteiger charge is -2.29. The van der Waals surface area contributed by atoms with Crippen LogP contribution in [-0.4, -0.2) is 44.1 Å². The molecule has 3 aromatic rings. The van der Waals surface area contributed by atoms with Gasteiger partial charge >= 0.3 is 0 Å². The topological polar surface area (TPSA) is 113 Å². The van der Waals surface area contributed by atoms with E-state index in [0.29, 0.717) is 28.2 Å². The van der Waals surface area contributed by atoms with Crippen molar-refractivity contribution in [3.8, 4) is 0 Å². The van der Waals surface area contributed by atoms with Gasteiger partial charge in [-0.15, -0.1) is 0 Å². The van der Waals surface area contributed by atoms with Crippen LogP contribution in [-0.2, 0) is 16.1 Å². The van der Waals surface area contributed by atoms with Gasteiger partial charge < -0.3 is 14.8 Å². The number of piperidine rings is 1. The van der Waals surface area contributed by atoms with E-state index in [1.165, 1.54) is 17.2 Å². The lowest BCUT2D eigenvalue weighted by molar-refractivity contribution is -0.136. The summed E-state index contributed by atoms with van der Waals surface area (Å²) in [7, 11) is 0. The van der Waals surface area contributed by atoms with Crippen LogP contribution < -0.4 is 10.6 Å². The number of amides is 4. The fraction of sp³-hybridized carbons (Fsp3) is 0.346. The monoisotopic (exact) mass is 489 g/mol. The number of fused-ring (bicyclic) bond motifs is 2. The molecule has 3 aliphatic rings. The number of carbonyl (C=O) groups is 4. The van der Waals surface area contributed by atoms with Crippen molar-refractivity contribution >= 4 is 40.3 Å². The van der Waals surface area contributed by atoms with E-state index in [0.717, 1.165) is 24.8 Å². The highest BCUT2D eigenvalue weighted by Crippen LogP contribution is 2.37. The molecule has 1 saturated heterocycles. The molecule has 2 fully saturated rings. The predicted octanol–water partition coefficient (Wildman–Crippen LogP) is 3.22. The minimum Gasteiger partial charge on any atom is -0.329 e. The largest absolute Gasteiger partial charge is 0.329 e. The lowest BCUT2D eigenvalue weighted by Crippen LogP contribution is -2.52. The zero-order chi connectivity index (χ0) is 25.1. The quantitative estimate of drug-likeness (QED) is 0.547. The van der Waals surface area contributed by atoms with Gasteiger partial charge in [0.05, 0.1) is 17.3 Å². The van der Waals surface area contributed by atoms with Gasteiger partial charge in [0.2, 0.25) is 11.8 Å². The van der Waals surface area contributed by atoms with Crippen LogP contribution in [0.4, 0.5) is 10.1 Å². The molecule has 4 heterocycles. The van der Waals surface area contributed by atoms with Crippen molar-refractivity contribution in [2.45, 2.75) is 57.7 Å². The number of carbonyl (C=O) groups excluding carboxylic acids is 4. The Kier molecular flexibility index (Phi) is 5.13. The van der Waals surface area contributed by atoms with Crippen molar-refractivity contribution in [3.05, 3.63) is 58.7 Å². The Bertz CT molecular complexity index is 1470. The SMILES string of the molecule is Cc1cn(C2CCC2)c2ncc(NC(=O)c3ccc4c(c3)CN(C3CCC(=O)NC3=O)C4=O)c(F)c12. The number of aryl methyl sites for hydroxylation is 1. The summed E-state index contributed by atoms with van der Waals surface area (Å²) in [5, 5.41) is 5.28. The van der Waals surface area contributed by atoms with E-state index in [-0.39, 0.29) is 42.5 Å². The fourth-order valence-electron chi connectivity index (χ4n) is 5.30. The van der Waals surface area contributed by atoms with Gasteiger partial charge in [-0.2, -0.15) is 0 Å². The third-order valence-electron chi connectivity index (χ3n) is 7.47. The number of nitrogens with one attached hydrogen (secondary N) is 2. The van der Waals surface area contributed by atoms with E-state index < -0.39 is 23.7 Å².